The lowest BCUT2D eigenvalue weighted by atomic mass is 10.2. The molecule has 0 amide bonds. The van der Waals surface area contributed by atoms with Gasteiger partial charge in [0.15, 0.2) is 0 Å². The Morgan fingerprint density at radius 1 is 1.30 bits per heavy atom. The third kappa shape index (κ3) is 2.84. The lowest BCUT2D eigenvalue weighted by Gasteiger charge is -2.05. The summed E-state index contributed by atoms with van der Waals surface area (Å²) in [5.74, 6) is 1.50. The summed E-state index contributed by atoms with van der Waals surface area (Å²) in [5.41, 5.74) is 1.40. The van der Waals surface area contributed by atoms with Crippen LogP contribution < -0.4 is 0 Å². The van der Waals surface area contributed by atoms with Crippen LogP contribution in [0.4, 0.5) is 0 Å². The van der Waals surface area contributed by atoms with Crippen LogP contribution in [0.5, 0.6) is 0 Å². The summed E-state index contributed by atoms with van der Waals surface area (Å²) in [5, 5.41) is 2.13. The summed E-state index contributed by atoms with van der Waals surface area (Å²) in [6, 6.07) is 0. The molecule has 0 aliphatic heterocycles. The zero-order valence-corrected chi connectivity index (χ0v) is 13.9. The summed E-state index contributed by atoms with van der Waals surface area (Å²) >= 11 is 3.31. The van der Waals surface area contributed by atoms with Crippen LogP contribution in [0.3, 0.4) is 0 Å². The van der Waals surface area contributed by atoms with Gasteiger partial charge in [-0.1, -0.05) is 0 Å². The number of thiophene rings is 1. The smallest absolute Gasteiger partial charge is 0.148 e. The van der Waals surface area contributed by atoms with Gasteiger partial charge >= 0.3 is 0 Å². The van der Waals surface area contributed by atoms with Crippen molar-refractivity contribution in [2.75, 3.05) is 17.8 Å². The number of rotatable bonds is 4. The molecule has 0 spiro atoms. The number of sulfone groups is 1. The van der Waals surface area contributed by atoms with Crippen molar-refractivity contribution < 1.29 is 8.42 Å². The second-order valence-electron chi connectivity index (χ2n) is 5.09. The molecular weight excluding hydrogens is 312 g/mol. The summed E-state index contributed by atoms with van der Waals surface area (Å²) in [4.78, 5) is 11.6. The summed E-state index contributed by atoms with van der Waals surface area (Å²) in [6.07, 6.45) is 4.72. The van der Waals surface area contributed by atoms with Crippen molar-refractivity contribution in [2.45, 2.75) is 31.2 Å². The van der Waals surface area contributed by atoms with E-state index in [4.69, 9.17) is 0 Å². The van der Waals surface area contributed by atoms with Gasteiger partial charge in [-0.3, -0.25) is 0 Å². The SMILES string of the molecule is Cc1nc(SCCS(C)(=O)=O)c2c3c(sc2n1)CCC3. The third-order valence-corrected chi connectivity index (χ3v) is 6.70. The molecule has 0 aromatic carbocycles. The number of nitrogens with zero attached hydrogens (tertiary/aromatic N) is 2. The molecule has 1 aliphatic carbocycles. The summed E-state index contributed by atoms with van der Waals surface area (Å²) in [7, 11) is -2.92. The number of hydrogen-bond acceptors (Lipinski definition) is 6. The molecule has 4 nitrogen and oxygen atoms in total. The Labute approximate surface area is 126 Å². The molecule has 0 radical (unpaired) electrons. The number of aromatic nitrogens is 2. The predicted molar refractivity (Wildman–Crippen MR) is 84.6 cm³/mol. The van der Waals surface area contributed by atoms with Crippen LogP contribution in [0.25, 0.3) is 10.2 Å². The molecule has 0 bridgehead atoms. The first-order valence-corrected chi connectivity index (χ1v) is 10.4. The average molecular weight is 328 g/mol. The Hall–Kier alpha value is -0.660. The van der Waals surface area contributed by atoms with E-state index in [0.29, 0.717) is 5.75 Å². The minimum Gasteiger partial charge on any atom is -0.229 e. The molecule has 3 rings (SSSR count). The van der Waals surface area contributed by atoms with E-state index >= 15 is 0 Å². The van der Waals surface area contributed by atoms with Gasteiger partial charge in [-0.15, -0.1) is 23.1 Å². The molecule has 108 valence electrons. The fourth-order valence-electron chi connectivity index (χ4n) is 2.46. The maximum absolute atomic E-state index is 11.2. The molecular formula is C13H16N2O2S3. The van der Waals surface area contributed by atoms with E-state index in [1.807, 2.05) is 6.92 Å². The van der Waals surface area contributed by atoms with Gasteiger partial charge in [-0.25, -0.2) is 18.4 Å². The van der Waals surface area contributed by atoms with Crippen LogP contribution in [0.1, 0.15) is 22.7 Å². The first-order valence-electron chi connectivity index (χ1n) is 6.53. The highest BCUT2D eigenvalue weighted by atomic mass is 32.2. The Balaban J connectivity index is 1.97. The Morgan fingerprint density at radius 3 is 2.85 bits per heavy atom. The Morgan fingerprint density at radius 2 is 2.10 bits per heavy atom. The zero-order chi connectivity index (χ0) is 14.3. The lowest BCUT2D eigenvalue weighted by Crippen LogP contribution is -2.05. The summed E-state index contributed by atoms with van der Waals surface area (Å²) < 4.78 is 22.5. The second-order valence-corrected chi connectivity index (χ2v) is 9.52. The van der Waals surface area contributed by atoms with Crippen molar-refractivity contribution in [1.29, 1.82) is 0 Å². The number of aryl methyl sites for hydroxylation is 3. The standard InChI is InChI=1S/C13H16N2O2S3/c1-8-14-12(18-6-7-20(2,16)17)11-9-4-3-5-10(9)19-13(11)15-8/h3-7H2,1-2H3. The van der Waals surface area contributed by atoms with E-state index < -0.39 is 9.84 Å². The third-order valence-electron chi connectivity index (χ3n) is 3.34. The van der Waals surface area contributed by atoms with Gasteiger partial charge in [0, 0.05) is 22.3 Å². The molecule has 0 saturated heterocycles. The van der Waals surface area contributed by atoms with Crippen molar-refractivity contribution in [3.05, 3.63) is 16.3 Å². The molecule has 0 unspecified atom stereocenters. The van der Waals surface area contributed by atoms with E-state index in [-0.39, 0.29) is 5.75 Å². The normalized spacial score (nSPS) is 14.9. The molecule has 2 aromatic heterocycles. The van der Waals surface area contributed by atoms with Gasteiger partial charge in [0.05, 0.1) is 5.75 Å². The minimum atomic E-state index is -2.92. The molecule has 7 heteroatoms. The fourth-order valence-corrected chi connectivity index (χ4v) is 6.13. The quantitative estimate of drug-likeness (QED) is 0.638. The monoisotopic (exact) mass is 328 g/mol. The van der Waals surface area contributed by atoms with Crippen LogP contribution in [0, 0.1) is 6.92 Å². The topological polar surface area (TPSA) is 59.9 Å². The maximum atomic E-state index is 11.2. The largest absolute Gasteiger partial charge is 0.229 e. The second kappa shape index (κ2) is 5.27. The van der Waals surface area contributed by atoms with Crippen molar-refractivity contribution in [2.24, 2.45) is 0 Å². The molecule has 0 fully saturated rings. The average Bonchev–Trinajstić information content (AvgIpc) is 2.85. The highest BCUT2D eigenvalue weighted by molar-refractivity contribution is 8.00. The van der Waals surface area contributed by atoms with Crippen LogP contribution in [-0.4, -0.2) is 36.1 Å². The molecule has 1 aliphatic rings. The zero-order valence-electron chi connectivity index (χ0n) is 11.5. The Bertz CT molecular complexity index is 766. The van der Waals surface area contributed by atoms with Gasteiger partial charge in [-0.2, -0.15) is 0 Å². The highest BCUT2D eigenvalue weighted by Gasteiger charge is 2.22. The molecule has 0 atom stereocenters. The van der Waals surface area contributed by atoms with Crippen LogP contribution in [0.15, 0.2) is 5.03 Å². The number of thioether (sulfide) groups is 1. The molecule has 0 N–H and O–H groups in total. The van der Waals surface area contributed by atoms with E-state index in [0.717, 1.165) is 28.5 Å². The van der Waals surface area contributed by atoms with Crippen molar-refractivity contribution in [1.82, 2.24) is 9.97 Å². The molecule has 0 saturated carbocycles. The number of fused-ring (bicyclic) bond motifs is 3. The van der Waals surface area contributed by atoms with E-state index in [1.165, 1.54) is 40.3 Å². The lowest BCUT2D eigenvalue weighted by molar-refractivity contribution is 0.603. The van der Waals surface area contributed by atoms with E-state index in [1.54, 1.807) is 11.3 Å². The molecule has 2 aromatic rings. The van der Waals surface area contributed by atoms with Crippen LogP contribution in [-0.2, 0) is 22.7 Å². The first kappa shape index (κ1) is 14.3. The van der Waals surface area contributed by atoms with Gasteiger partial charge in [-0.05, 0) is 31.7 Å². The minimum absolute atomic E-state index is 0.189. The van der Waals surface area contributed by atoms with E-state index in [9.17, 15) is 8.42 Å². The summed E-state index contributed by atoms with van der Waals surface area (Å²) in [6.45, 7) is 1.89. The van der Waals surface area contributed by atoms with Crippen molar-refractivity contribution in [3.63, 3.8) is 0 Å². The van der Waals surface area contributed by atoms with Crippen LogP contribution >= 0.6 is 23.1 Å². The van der Waals surface area contributed by atoms with Crippen molar-refractivity contribution >= 4 is 43.2 Å². The van der Waals surface area contributed by atoms with Gasteiger partial charge in [0.2, 0.25) is 0 Å². The Kier molecular flexibility index (Phi) is 3.77. The fraction of sp³-hybridized carbons (Fsp3) is 0.538. The molecule has 20 heavy (non-hydrogen) atoms. The number of hydrogen-bond donors (Lipinski definition) is 0. The van der Waals surface area contributed by atoms with E-state index in [2.05, 4.69) is 9.97 Å². The molecule has 2 heterocycles. The highest BCUT2D eigenvalue weighted by Crippen LogP contribution is 2.40. The van der Waals surface area contributed by atoms with Crippen molar-refractivity contribution in [3.8, 4) is 0 Å². The van der Waals surface area contributed by atoms with Crippen LogP contribution in [0.2, 0.25) is 0 Å². The van der Waals surface area contributed by atoms with Gasteiger partial charge in [0.1, 0.15) is 25.5 Å². The van der Waals surface area contributed by atoms with Gasteiger partial charge < -0.3 is 0 Å². The predicted octanol–water partition coefficient (Wildman–Crippen LogP) is 2.63. The van der Waals surface area contributed by atoms with Gasteiger partial charge in [0.25, 0.3) is 0 Å². The first-order chi connectivity index (χ1) is 9.44. The maximum Gasteiger partial charge on any atom is 0.148 e.